The highest BCUT2D eigenvalue weighted by Crippen LogP contribution is 2.16. The van der Waals surface area contributed by atoms with Crippen LogP contribution in [-0.4, -0.2) is 5.84 Å². The summed E-state index contributed by atoms with van der Waals surface area (Å²) in [6.45, 7) is 0. The first-order valence-corrected chi connectivity index (χ1v) is 7.13. The predicted molar refractivity (Wildman–Crippen MR) is 93.6 cm³/mol. The highest BCUT2D eigenvalue weighted by Gasteiger charge is 2.04. The van der Waals surface area contributed by atoms with Crippen LogP contribution in [-0.2, 0) is 0 Å². The van der Waals surface area contributed by atoms with Gasteiger partial charge in [-0.25, -0.2) is 4.99 Å². The third-order valence-electron chi connectivity index (χ3n) is 3.22. The van der Waals surface area contributed by atoms with E-state index in [0.717, 1.165) is 28.5 Å². The quantitative estimate of drug-likeness (QED) is 0.424. The number of hydrogen-bond donors (Lipinski definition) is 2. The summed E-state index contributed by atoms with van der Waals surface area (Å²) in [6, 6.07) is 27.6. The molecule has 0 heterocycles. The molecule has 3 N–H and O–H groups in total. The summed E-state index contributed by atoms with van der Waals surface area (Å²) in [5.41, 5.74) is 9.39. The van der Waals surface area contributed by atoms with E-state index < -0.39 is 0 Å². The fourth-order valence-electron chi connectivity index (χ4n) is 2.10. The molecule has 0 fully saturated rings. The number of para-hydroxylation sites is 2. The van der Waals surface area contributed by atoms with E-state index in [-0.39, 0.29) is 0 Å². The molecule has 22 heavy (non-hydrogen) atoms. The maximum Gasteiger partial charge on any atom is 0.138 e. The van der Waals surface area contributed by atoms with Crippen LogP contribution in [0.1, 0.15) is 5.56 Å². The number of hydrogen-bond acceptors (Lipinski definition) is 2. The Hall–Kier alpha value is -3.07. The van der Waals surface area contributed by atoms with Crippen molar-refractivity contribution in [1.29, 1.82) is 0 Å². The SMILES string of the molecule is Nc1ccc(C(=Nc2ccccc2)Nc2ccccc2)cc1. The van der Waals surface area contributed by atoms with Gasteiger partial charge in [0.2, 0.25) is 0 Å². The number of benzene rings is 3. The summed E-state index contributed by atoms with van der Waals surface area (Å²) in [7, 11) is 0. The Morgan fingerprint density at radius 3 is 1.95 bits per heavy atom. The summed E-state index contributed by atoms with van der Waals surface area (Å²) < 4.78 is 0. The number of amidine groups is 1. The van der Waals surface area contributed by atoms with Gasteiger partial charge in [0.05, 0.1) is 5.69 Å². The van der Waals surface area contributed by atoms with E-state index in [4.69, 9.17) is 10.7 Å². The predicted octanol–water partition coefficient (Wildman–Crippen LogP) is 4.46. The van der Waals surface area contributed by atoms with Gasteiger partial charge in [0.15, 0.2) is 0 Å². The van der Waals surface area contributed by atoms with Crippen LogP contribution in [0.25, 0.3) is 0 Å². The van der Waals surface area contributed by atoms with Crippen molar-refractivity contribution >= 4 is 22.9 Å². The van der Waals surface area contributed by atoms with Crippen molar-refractivity contribution in [2.75, 3.05) is 11.1 Å². The minimum Gasteiger partial charge on any atom is -0.399 e. The molecule has 0 aromatic heterocycles. The number of anilines is 2. The second-order valence-electron chi connectivity index (χ2n) is 4.91. The van der Waals surface area contributed by atoms with Gasteiger partial charge in [-0.15, -0.1) is 0 Å². The average Bonchev–Trinajstić information content (AvgIpc) is 2.57. The van der Waals surface area contributed by atoms with Crippen LogP contribution < -0.4 is 11.1 Å². The Morgan fingerprint density at radius 1 is 0.727 bits per heavy atom. The molecule has 0 unspecified atom stereocenters. The van der Waals surface area contributed by atoms with E-state index in [1.165, 1.54) is 0 Å². The minimum absolute atomic E-state index is 0.738. The largest absolute Gasteiger partial charge is 0.399 e. The molecule has 3 rings (SSSR count). The van der Waals surface area contributed by atoms with Gasteiger partial charge in [-0.2, -0.15) is 0 Å². The van der Waals surface area contributed by atoms with E-state index in [9.17, 15) is 0 Å². The zero-order chi connectivity index (χ0) is 15.2. The van der Waals surface area contributed by atoms with Crippen LogP contribution in [0.15, 0.2) is 89.9 Å². The van der Waals surface area contributed by atoms with Crippen molar-refractivity contribution in [1.82, 2.24) is 0 Å². The number of aliphatic imine (C=N–C) groups is 1. The molecule has 0 saturated heterocycles. The standard InChI is InChI=1S/C19H17N3/c20-16-13-11-15(12-14-16)19(21-17-7-3-1-4-8-17)22-18-9-5-2-6-10-18/h1-14H,20H2,(H,21,22). The van der Waals surface area contributed by atoms with Gasteiger partial charge in [-0.1, -0.05) is 36.4 Å². The topological polar surface area (TPSA) is 50.4 Å². The fraction of sp³-hybridized carbons (Fsp3) is 0. The Labute approximate surface area is 130 Å². The van der Waals surface area contributed by atoms with E-state index in [1.54, 1.807) is 0 Å². The van der Waals surface area contributed by atoms with E-state index in [0.29, 0.717) is 0 Å². The second kappa shape index (κ2) is 6.59. The molecule has 0 radical (unpaired) electrons. The van der Waals surface area contributed by atoms with Gasteiger partial charge in [0, 0.05) is 16.9 Å². The molecule has 0 aliphatic carbocycles. The summed E-state index contributed by atoms with van der Waals surface area (Å²) in [5, 5.41) is 3.37. The lowest BCUT2D eigenvalue weighted by Gasteiger charge is -2.11. The van der Waals surface area contributed by atoms with Gasteiger partial charge in [0.25, 0.3) is 0 Å². The third kappa shape index (κ3) is 3.52. The summed E-state index contributed by atoms with van der Waals surface area (Å²) >= 11 is 0. The monoisotopic (exact) mass is 287 g/mol. The van der Waals surface area contributed by atoms with Crippen molar-refractivity contribution in [3.63, 3.8) is 0 Å². The molecule has 108 valence electrons. The number of nitrogen functional groups attached to an aromatic ring is 1. The molecular weight excluding hydrogens is 270 g/mol. The first-order valence-electron chi connectivity index (χ1n) is 7.13. The van der Waals surface area contributed by atoms with Crippen molar-refractivity contribution in [2.24, 2.45) is 4.99 Å². The molecule has 0 atom stereocenters. The van der Waals surface area contributed by atoms with E-state index in [2.05, 4.69) is 5.32 Å². The maximum atomic E-state index is 5.77. The summed E-state index contributed by atoms with van der Waals surface area (Å²) in [4.78, 5) is 4.72. The molecule has 0 bridgehead atoms. The van der Waals surface area contributed by atoms with Crippen molar-refractivity contribution in [2.45, 2.75) is 0 Å². The van der Waals surface area contributed by atoms with Crippen molar-refractivity contribution in [3.8, 4) is 0 Å². The zero-order valence-corrected chi connectivity index (χ0v) is 12.1. The number of nitrogens with zero attached hydrogens (tertiary/aromatic N) is 1. The molecule has 0 saturated carbocycles. The molecule has 3 nitrogen and oxygen atoms in total. The molecule has 3 heteroatoms. The van der Waals surface area contributed by atoms with Crippen LogP contribution >= 0.6 is 0 Å². The number of rotatable bonds is 3. The van der Waals surface area contributed by atoms with Gasteiger partial charge in [-0.3, -0.25) is 0 Å². The molecule has 3 aromatic rings. The van der Waals surface area contributed by atoms with Crippen LogP contribution in [0.4, 0.5) is 17.1 Å². The Bertz CT molecular complexity index is 748. The summed E-state index contributed by atoms with van der Waals surface area (Å²) in [5.74, 6) is 0.789. The minimum atomic E-state index is 0.738. The highest BCUT2D eigenvalue weighted by molar-refractivity contribution is 6.09. The van der Waals surface area contributed by atoms with Crippen LogP contribution in [0, 0.1) is 0 Å². The normalized spacial score (nSPS) is 11.2. The zero-order valence-electron chi connectivity index (χ0n) is 12.1. The van der Waals surface area contributed by atoms with Crippen LogP contribution in [0.2, 0.25) is 0 Å². The smallest absolute Gasteiger partial charge is 0.138 e. The molecular formula is C19H17N3. The summed E-state index contributed by atoms with van der Waals surface area (Å²) in [6.07, 6.45) is 0. The molecule has 0 spiro atoms. The van der Waals surface area contributed by atoms with Crippen molar-refractivity contribution in [3.05, 3.63) is 90.5 Å². The van der Waals surface area contributed by atoms with Gasteiger partial charge in [0.1, 0.15) is 5.84 Å². The Morgan fingerprint density at radius 2 is 1.32 bits per heavy atom. The third-order valence-corrected chi connectivity index (χ3v) is 3.22. The first-order chi connectivity index (χ1) is 10.8. The van der Waals surface area contributed by atoms with Crippen molar-refractivity contribution < 1.29 is 0 Å². The van der Waals surface area contributed by atoms with Crippen LogP contribution in [0.3, 0.4) is 0 Å². The first kappa shape index (κ1) is 13.9. The Kier molecular flexibility index (Phi) is 4.16. The molecule has 3 aromatic carbocycles. The van der Waals surface area contributed by atoms with E-state index in [1.807, 2.05) is 84.9 Å². The fourth-order valence-corrected chi connectivity index (χ4v) is 2.10. The van der Waals surface area contributed by atoms with E-state index >= 15 is 0 Å². The van der Waals surface area contributed by atoms with Gasteiger partial charge in [-0.05, 0) is 48.5 Å². The number of nitrogens with one attached hydrogen (secondary N) is 1. The van der Waals surface area contributed by atoms with Gasteiger partial charge < -0.3 is 11.1 Å². The lowest BCUT2D eigenvalue weighted by Crippen LogP contribution is -2.13. The van der Waals surface area contributed by atoms with Gasteiger partial charge >= 0.3 is 0 Å². The molecule has 0 amide bonds. The van der Waals surface area contributed by atoms with Crippen LogP contribution in [0.5, 0.6) is 0 Å². The molecule has 0 aliphatic rings. The lowest BCUT2D eigenvalue weighted by atomic mass is 10.1. The lowest BCUT2D eigenvalue weighted by molar-refractivity contribution is 1.46. The highest BCUT2D eigenvalue weighted by atomic mass is 15.0. The maximum absolute atomic E-state index is 5.77. The number of nitrogens with two attached hydrogens (primary N) is 1. The molecule has 0 aliphatic heterocycles. The average molecular weight is 287 g/mol. The second-order valence-corrected chi connectivity index (χ2v) is 4.91. The Balaban J connectivity index is 1.98.